The molecule has 0 radical (unpaired) electrons. The van der Waals surface area contributed by atoms with Crippen molar-refractivity contribution in [3.05, 3.63) is 112 Å². The summed E-state index contributed by atoms with van der Waals surface area (Å²) in [4.78, 5) is 26.5. The van der Waals surface area contributed by atoms with Gasteiger partial charge in [-0.2, -0.15) is 5.10 Å². The van der Waals surface area contributed by atoms with Crippen molar-refractivity contribution in [1.82, 2.24) is 15.1 Å². The van der Waals surface area contributed by atoms with Crippen LogP contribution in [0.5, 0.6) is 0 Å². The fourth-order valence-corrected chi connectivity index (χ4v) is 4.73. The van der Waals surface area contributed by atoms with Crippen molar-refractivity contribution in [3.63, 3.8) is 0 Å². The summed E-state index contributed by atoms with van der Waals surface area (Å²) in [6, 6.07) is 21.5. The first-order valence-electron chi connectivity index (χ1n) is 10.7. The SMILES string of the molecule is Cc1nn(-c2ccccc2)c2c1[C@H](c1ccc(F)cc1)[C@H](NC(=O)c1cccc(Br)c1)C(=O)N2. The first-order valence-corrected chi connectivity index (χ1v) is 11.5. The first kappa shape index (κ1) is 22.0. The van der Waals surface area contributed by atoms with E-state index < -0.39 is 12.0 Å². The van der Waals surface area contributed by atoms with Crippen LogP contribution < -0.4 is 10.6 Å². The third-order valence-electron chi connectivity index (χ3n) is 5.88. The van der Waals surface area contributed by atoms with Gasteiger partial charge < -0.3 is 10.6 Å². The number of hydrogen-bond acceptors (Lipinski definition) is 3. The van der Waals surface area contributed by atoms with Crippen molar-refractivity contribution in [1.29, 1.82) is 0 Å². The molecular formula is C26H20BrFN4O2. The zero-order valence-corrected chi connectivity index (χ0v) is 19.7. The number of carbonyl (C=O) groups is 2. The number of nitrogens with zero attached hydrogens (tertiary/aromatic N) is 2. The number of carbonyl (C=O) groups excluding carboxylic acids is 2. The number of halogens is 2. The van der Waals surface area contributed by atoms with Gasteiger partial charge in [-0.3, -0.25) is 9.59 Å². The van der Waals surface area contributed by atoms with E-state index in [0.717, 1.165) is 15.7 Å². The molecule has 0 bridgehead atoms. The van der Waals surface area contributed by atoms with Gasteiger partial charge in [-0.05, 0) is 55.0 Å². The van der Waals surface area contributed by atoms with Crippen molar-refractivity contribution in [3.8, 4) is 5.69 Å². The standard InChI is InChI=1S/C26H20BrFN4O2/c1-15-21-22(16-10-12-19(28)13-11-16)23(29-25(33)17-6-5-7-18(27)14-17)26(34)30-24(21)32(31-15)20-8-3-2-4-9-20/h2-14,22-23H,1H3,(H,29,33)(H,30,34)/t22-,23-/m0/s1. The van der Waals surface area contributed by atoms with Crippen LogP contribution >= 0.6 is 15.9 Å². The lowest BCUT2D eigenvalue weighted by Gasteiger charge is -2.32. The van der Waals surface area contributed by atoms with E-state index in [9.17, 15) is 14.0 Å². The van der Waals surface area contributed by atoms with Crippen molar-refractivity contribution in [2.24, 2.45) is 0 Å². The molecule has 1 aliphatic heterocycles. The third kappa shape index (κ3) is 4.01. The normalized spacial score (nSPS) is 17.1. The highest BCUT2D eigenvalue weighted by Crippen LogP contribution is 2.40. The number of fused-ring (bicyclic) bond motifs is 1. The Bertz CT molecular complexity index is 1390. The van der Waals surface area contributed by atoms with Crippen molar-refractivity contribution in [2.75, 3.05) is 5.32 Å². The second-order valence-corrected chi connectivity index (χ2v) is 8.99. The summed E-state index contributed by atoms with van der Waals surface area (Å²) in [5.74, 6) is -1.16. The molecule has 6 nitrogen and oxygen atoms in total. The minimum absolute atomic E-state index is 0.373. The summed E-state index contributed by atoms with van der Waals surface area (Å²) in [5.41, 5.74) is 3.39. The average Bonchev–Trinajstić information content (AvgIpc) is 3.16. The summed E-state index contributed by atoms with van der Waals surface area (Å²) in [7, 11) is 0. The van der Waals surface area contributed by atoms with E-state index in [1.807, 2.05) is 43.3 Å². The summed E-state index contributed by atoms with van der Waals surface area (Å²) >= 11 is 3.37. The second kappa shape index (κ2) is 8.87. The van der Waals surface area contributed by atoms with Crippen LogP contribution in [0.3, 0.4) is 0 Å². The number of amides is 2. The van der Waals surface area contributed by atoms with Crippen LogP contribution in [0.25, 0.3) is 5.69 Å². The number of nitrogens with one attached hydrogen (secondary N) is 2. The van der Waals surface area contributed by atoms with Crippen molar-refractivity contribution in [2.45, 2.75) is 18.9 Å². The van der Waals surface area contributed by atoms with E-state index in [2.05, 4.69) is 31.7 Å². The molecule has 0 saturated heterocycles. The van der Waals surface area contributed by atoms with Crippen LogP contribution in [0.1, 0.15) is 33.1 Å². The van der Waals surface area contributed by atoms with Gasteiger partial charge in [0.1, 0.15) is 17.7 Å². The van der Waals surface area contributed by atoms with Crippen molar-refractivity contribution < 1.29 is 14.0 Å². The Morgan fingerprint density at radius 2 is 1.79 bits per heavy atom. The molecule has 0 aliphatic carbocycles. The molecule has 1 aliphatic rings. The Morgan fingerprint density at radius 1 is 1.06 bits per heavy atom. The van der Waals surface area contributed by atoms with Gasteiger partial charge in [0, 0.05) is 21.5 Å². The summed E-state index contributed by atoms with van der Waals surface area (Å²) in [6.07, 6.45) is 0. The lowest BCUT2D eigenvalue weighted by atomic mass is 9.82. The molecule has 0 saturated carbocycles. The highest BCUT2D eigenvalue weighted by molar-refractivity contribution is 9.10. The molecule has 34 heavy (non-hydrogen) atoms. The average molecular weight is 519 g/mol. The fourth-order valence-electron chi connectivity index (χ4n) is 4.33. The minimum atomic E-state index is -0.920. The summed E-state index contributed by atoms with van der Waals surface area (Å²) < 4.78 is 16.2. The van der Waals surface area contributed by atoms with Crippen molar-refractivity contribution >= 4 is 33.6 Å². The van der Waals surface area contributed by atoms with E-state index in [1.165, 1.54) is 12.1 Å². The quantitative estimate of drug-likeness (QED) is 0.400. The van der Waals surface area contributed by atoms with E-state index in [1.54, 1.807) is 35.0 Å². The molecule has 5 rings (SSSR count). The van der Waals surface area contributed by atoms with Gasteiger partial charge in [0.2, 0.25) is 5.91 Å². The number of hydrogen-bond donors (Lipinski definition) is 2. The van der Waals surface area contributed by atoms with Crippen LogP contribution in [-0.2, 0) is 4.79 Å². The van der Waals surface area contributed by atoms with E-state index >= 15 is 0 Å². The molecular weight excluding hydrogens is 499 g/mol. The van der Waals surface area contributed by atoms with Gasteiger partial charge in [-0.25, -0.2) is 9.07 Å². The molecule has 1 aromatic heterocycles. The highest BCUT2D eigenvalue weighted by Gasteiger charge is 2.41. The molecule has 2 atom stereocenters. The number of anilines is 1. The van der Waals surface area contributed by atoms with Gasteiger partial charge in [0.15, 0.2) is 0 Å². The van der Waals surface area contributed by atoms with Crippen LogP contribution in [0, 0.1) is 12.7 Å². The first-order chi connectivity index (χ1) is 16.4. The largest absolute Gasteiger partial charge is 0.339 e. The number of aromatic nitrogens is 2. The molecule has 2 amide bonds. The number of para-hydroxylation sites is 1. The fraction of sp³-hybridized carbons (Fsp3) is 0.115. The zero-order chi connectivity index (χ0) is 23.8. The smallest absolute Gasteiger partial charge is 0.251 e. The van der Waals surface area contributed by atoms with Gasteiger partial charge in [0.25, 0.3) is 5.91 Å². The van der Waals surface area contributed by atoms with E-state index in [-0.39, 0.29) is 17.6 Å². The maximum absolute atomic E-state index is 13.7. The van der Waals surface area contributed by atoms with Crippen LogP contribution in [0.4, 0.5) is 10.2 Å². The zero-order valence-electron chi connectivity index (χ0n) is 18.1. The molecule has 170 valence electrons. The molecule has 2 heterocycles. The van der Waals surface area contributed by atoms with Crippen LogP contribution in [0.15, 0.2) is 83.3 Å². The Labute approximate surface area is 203 Å². The maximum Gasteiger partial charge on any atom is 0.251 e. The number of aryl methyl sites for hydroxylation is 1. The van der Waals surface area contributed by atoms with Gasteiger partial charge in [-0.1, -0.05) is 52.3 Å². The second-order valence-electron chi connectivity index (χ2n) is 8.07. The predicted molar refractivity (Wildman–Crippen MR) is 131 cm³/mol. The van der Waals surface area contributed by atoms with Crippen LogP contribution in [-0.4, -0.2) is 27.6 Å². The lowest BCUT2D eigenvalue weighted by molar-refractivity contribution is -0.118. The van der Waals surface area contributed by atoms with Gasteiger partial charge in [-0.15, -0.1) is 0 Å². The third-order valence-corrected chi connectivity index (χ3v) is 6.37. The molecule has 0 spiro atoms. The monoisotopic (exact) mass is 518 g/mol. The van der Waals surface area contributed by atoms with Gasteiger partial charge in [0.05, 0.1) is 11.4 Å². The Balaban J connectivity index is 1.62. The summed E-state index contributed by atoms with van der Waals surface area (Å²) in [6.45, 7) is 1.86. The molecule has 3 aromatic carbocycles. The molecule has 0 fully saturated rings. The number of rotatable bonds is 4. The molecule has 4 aromatic rings. The predicted octanol–water partition coefficient (Wildman–Crippen LogP) is 4.96. The molecule has 8 heteroatoms. The minimum Gasteiger partial charge on any atom is -0.339 e. The van der Waals surface area contributed by atoms with Crippen LogP contribution in [0.2, 0.25) is 0 Å². The Kier molecular flexibility index (Phi) is 5.75. The number of benzene rings is 3. The maximum atomic E-state index is 13.7. The Hall–Kier alpha value is -3.78. The van der Waals surface area contributed by atoms with E-state index in [4.69, 9.17) is 0 Å². The topological polar surface area (TPSA) is 76.0 Å². The molecule has 0 unspecified atom stereocenters. The van der Waals surface area contributed by atoms with Gasteiger partial charge >= 0.3 is 0 Å². The lowest BCUT2D eigenvalue weighted by Crippen LogP contribution is -2.50. The van der Waals surface area contributed by atoms with E-state index in [0.29, 0.717) is 22.6 Å². The summed E-state index contributed by atoms with van der Waals surface area (Å²) in [5, 5.41) is 10.5. The highest BCUT2D eigenvalue weighted by atomic mass is 79.9. The Morgan fingerprint density at radius 3 is 2.50 bits per heavy atom. The molecule has 2 N–H and O–H groups in total.